The van der Waals surface area contributed by atoms with Crippen molar-refractivity contribution in [2.24, 2.45) is 0 Å². The summed E-state index contributed by atoms with van der Waals surface area (Å²) in [7, 11) is -3.84. The van der Waals surface area contributed by atoms with E-state index in [1.54, 1.807) is 31.2 Å². The molecule has 0 spiro atoms. The highest BCUT2D eigenvalue weighted by molar-refractivity contribution is 7.92. The van der Waals surface area contributed by atoms with E-state index >= 15 is 0 Å². The number of amides is 1. The van der Waals surface area contributed by atoms with Crippen molar-refractivity contribution in [2.45, 2.75) is 18.2 Å². The summed E-state index contributed by atoms with van der Waals surface area (Å²) in [6.45, 7) is 1.80. The zero-order valence-electron chi connectivity index (χ0n) is 14.4. The van der Waals surface area contributed by atoms with Crippen molar-refractivity contribution in [2.75, 3.05) is 10.0 Å². The summed E-state index contributed by atoms with van der Waals surface area (Å²) in [6.07, 6.45) is 0.121. The molecule has 0 aliphatic heterocycles. The second-order valence-corrected chi connectivity index (χ2v) is 9.50. The van der Waals surface area contributed by atoms with Crippen LogP contribution in [-0.4, -0.2) is 24.5 Å². The van der Waals surface area contributed by atoms with Crippen LogP contribution in [0.25, 0.3) is 0 Å². The highest BCUT2D eigenvalue weighted by Gasteiger charge is 2.16. The molecule has 11 heteroatoms. The second-order valence-electron chi connectivity index (χ2n) is 5.76. The van der Waals surface area contributed by atoms with E-state index in [4.69, 9.17) is 23.2 Å². The lowest BCUT2D eigenvalue weighted by molar-refractivity contribution is -0.115. The SMILES string of the molecule is Cc1nnc(NC(=O)Cc2ccc(NS(=O)(=O)c3cc(Cl)cc(Cl)c3)cc2)s1. The molecule has 1 amide bonds. The van der Waals surface area contributed by atoms with E-state index in [1.807, 2.05) is 0 Å². The zero-order chi connectivity index (χ0) is 20.3. The van der Waals surface area contributed by atoms with Gasteiger partial charge in [-0.05, 0) is 42.8 Å². The predicted octanol–water partition coefficient (Wildman–Crippen LogP) is 4.14. The molecule has 28 heavy (non-hydrogen) atoms. The molecule has 0 atom stereocenters. The van der Waals surface area contributed by atoms with Crippen molar-refractivity contribution >= 4 is 61.3 Å². The highest BCUT2D eigenvalue weighted by Crippen LogP contribution is 2.24. The van der Waals surface area contributed by atoms with Crippen molar-refractivity contribution in [1.82, 2.24) is 10.2 Å². The molecular formula is C17H14Cl2N4O3S2. The van der Waals surface area contributed by atoms with Crippen LogP contribution in [0.3, 0.4) is 0 Å². The number of sulfonamides is 1. The van der Waals surface area contributed by atoms with Gasteiger partial charge in [0.05, 0.1) is 11.3 Å². The van der Waals surface area contributed by atoms with Crippen molar-refractivity contribution < 1.29 is 13.2 Å². The number of anilines is 2. The molecule has 0 saturated carbocycles. The number of nitrogens with zero attached hydrogens (tertiary/aromatic N) is 2. The Bertz CT molecular complexity index is 1100. The molecule has 3 aromatic rings. The van der Waals surface area contributed by atoms with Gasteiger partial charge in [-0.3, -0.25) is 9.52 Å². The summed E-state index contributed by atoms with van der Waals surface area (Å²) in [5.41, 5.74) is 1.06. The van der Waals surface area contributed by atoms with Crippen LogP contribution < -0.4 is 10.0 Å². The Morgan fingerprint density at radius 3 is 2.29 bits per heavy atom. The lowest BCUT2D eigenvalue weighted by atomic mass is 10.1. The van der Waals surface area contributed by atoms with Crippen LogP contribution in [0.4, 0.5) is 10.8 Å². The molecule has 146 valence electrons. The largest absolute Gasteiger partial charge is 0.300 e. The number of aromatic nitrogens is 2. The predicted molar refractivity (Wildman–Crippen MR) is 111 cm³/mol. The van der Waals surface area contributed by atoms with E-state index in [0.717, 1.165) is 5.01 Å². The van der Waals surface area contributed by atoms with Gasteiger partial charge in [0, 0.05) is 15.7 Å². The van der Waals surface area contributed by atoms with Crippen LogP contribution in [0, 0.1) is 6.92 Å². The molecule has 3 rings (SSSR count). The van der Waals surface area contributed by atoms with Crippen LogP contribution in [-0.2, 0) is 21.2 Å². The lowest BCUT2D eigenvalue weighted by Gasteiger charge is -2.10. The molecule has 0 saturated heterocycles. The molecule has 0 aliphatic carbocycles. The summed E-state index contributed by atoms with van der Waals surface area (Å²) in [5.74, 6) is -0.238. The van der Waals surface area contributed by atoms with Crippen LogP contribution in [0.1, 0.15) is 10.6 Å². The van der Waals surface area contributed by atoms with Gasteiger partial charge in [0.2, 0.25) is 11.0 Å². The number of nitrogens with one attached hydrogen (secondary N) is 2. The smallest absolute Gasteiger partial charge is 0.261 e. The molecule has 7 nitrogen and oxygen atoms in total. The number of benzene rings is 2. The monoisotopic (exact) mass is 456 g/mol. The standard InChI is InChI=1S/C17H14Cl2N4O3S2/c1-10-21-22-17(27-10)20-16(24)6-11-2-4-14(5-3-11)23-28(25,26)15-8-12(18)7-13(19)9-15/h2-5,7-9,23H,6H2,1H3,(H,20,22,24). The van der Waals surface area contributed by atoms with Crippen molar-refractivity contribution in [1.29, 1.82) is 0 Å². The maximum Gasteiger partial charge on any atom is 0.261 e. The first-order valence-electron chi connectivity index (χ1n) is 7.89. The maximum atomic E-state index is 12.5. The van der Waals surface area contributed by atoms with Gasteiger partial charge in [-0.15, -0.1) is 10.2 Å². The van der Waals surface area contributed by atoms with Crippen LogP contribution >= 0.6 is 34.5 Å². The number of hydrogen-bond donors (Lipinski definition) is 2. The van der Waals surface area contributed by atoms with Gasteiger partial charge in [-0.2, -0.15) is 0 Å². The first-order valence-corrected chi connectivity index (χ1v) is 10.9. The second kappa shape index (κ2) is 8.44. The average Bonchev–Trinajstić information content (AvgIpc) is 3.00. The molecule has 0 unspecified atom stereocenters. The number of aryl methyl sites for hydroxylation is 1. The first-order chi connectivity index (χ1) is 13.2. The summed E-state index contributed by atoms with van der Waals surface area (Å²) in [5, 5.41) is 12.0. The fourth-order valence-corrected chi connectivity index (χ4v) is 4.68. The number of carbonyl (C=O) groups excluding carboxylic acids is 1. The third-order valence-corrected chi connectivity index (χ3v) is 6.04. The van der Waals surface area contributed by atoms with Crippen LogP contribution in [0.15, 0.2) is 47.4 Å². The molecule has 1 heterocycles. The minimum Gasteiger partial charge on any atom is -0.300 e. The summed E-state index contributed by atoms with van der Waals surface area (Å²) in [6, 6.07) is 10.5. The molecular weight excluding hydrogens is 443 g/mol. The molecule has 2 N–H and O–H groups in total. The van der Waals surface area contributed by atoms with Gasteiger partial charge < -0.3 is 5.32 Å². The summed E-state index contributed by atoms with van der Waals surface area (Å²) in [4.78, 5) is 12.0. The first kappa shape index (κ1) is 20.5. The van der Waals surface area contributed by atoms with Gasteiger partial charge in [-0.25, -0.2) is 8.42 Å². The maximum absolute atomic E-state index is 12.5. The molecule has 0 bridgehead atoms. The third kappa shape index (κ3) is 5.41. The Morgan fingerprint density at radius 1 is 1.07 bits per heavy atom. The fraction of sp³-hybridized carbons (Fsp3) is 0.118. The fourth-order valence-electron chi connectivity index (χ4n) is 2.28. The number of hydrogen-bond acceptors (Lipinski definition) is 6. The topological polar surface area (TPSA) is 101 Å². The Morgan fingerprint density at radius 2 is 1.71 bits per heavy atom. The van der Waals surface area contributed by atoms with Gasteiger partial charge in [-0.1, -0.05) is 46.7 Å². The normalized spacial score (nSPS) is 11.2. The Hall–Kier alpha value is -2.20. The van der Waals surface area contributed by atoms with Crippen molar-refractivity contribution in [3.05, 3.63) is 63.1 Å². The van der Waals surface area contributed by atoms with Crippen molar-refractivity contribution in [3.63, 3.8) is 0 Å². The summed E-state index contributed by atoms with van der Waals surface area (Å²) < 4.78 is 27.4. The van der Waals surface area contributed by atoms with Crippen LogP contribution in [0.2, 0.25) is 10.0 Å². The Labute approximate surface area is 175 Å². The third-order valence-electron chi connectivity index (χ3n) is 3.49. The molecule has 0 radical (unpaired) electrons. The zero-order valence-corrected chi connectivity index (χ0v) is 17.6. The minimum atomic E-state index is -3.84. The summed E-state index contributed by atoms with van der Waals surface area (Å²) >= 11 is 13.0. The Kier molecular flexibility index (Phi) is 6.19. The minimum absolute atomic E-state index is 0.0409. The highest BCUT2D eigenvalue weighted by atomic mass is 35.5. The molecule has 2 aromatic carbocycles. The quantitative estimate of drug-likeness (QED) is 0.580. The molecule has 0 aliphatic rings. The molecule has 0 fully saturated rings. The van der Waals surface area contributed by atoms with E-state index in [2.05, 4.69) is 20.2 Å². The molecule has 1 aromatic heterocycles. The van der Waals surface area contributed by atoms with Crippen LogP contribution in [0.5, 0.6) is 0 Å². The lowest BCUT2D eigenvalue weighted by Crippen LogP contribution is -2.15. The van der Waals surface area contributed by atoms with Gasteiger partial charge in [0.1, 0.15) is 5.01 Å². The Balaban J connectivity index is 1.66. The van der Waals surface area contributed by atoms with E-state index in [1.165, 1.54) is 29.5 Å². The van der Waals surface area contributed by atoms with Crippen molar-refractivity contribution in [3.8, 4) is 0 Å². The van der Waals surface area contributed by atoms with E-state index in [0.29, 0.717) is 16.4 Å². The van der Waals surface area contributed by atoms with E-state index in [-0.39, 0.29) is 27.3 Å². The van der Waals surface area contributed by atoms with Gasteiger partial charge in [0.25, 0.3) is 10.0 Å². The number of halogens is 2. The van der Waals surface area contributed by atoms with Gasteiger partial charge in [0.15, 0.2) is 0 Å². The average molecular weight is 457 g/mol. The van der Waals surface area contributed by atoms with E-state index < -0.39 is 10.0 Å². The number of carbonyl (C=O) groups is 1. The van der Waals surface area contributed by atoms with E-state index in [9.17, 15) is 13.2 Å². The van der Waals surface area contributed by atoms with Gasteiger partial charge >= 0.3 is 0 Å². The number of rotatable bonds is 6.